The maximum atomic E-state index is 12.2. The van der Waals surface area contributed by atoms with E-state index in [1.165, 1.54) is 10.6 Å². The predicted molar refractivity (Wildman–Crippen MR) is 85.5 cm³/mol. The van der Waals surface area contributed by atoms with Crippen LogP contribution >= 0.6 is 0 Å². The Bertz CT molecular complexity index is 876. The fraction of sp³-hybridized carbons (Fsp3) is 0.250. The third-order valence-electron chi connectivity index (χ3n) is 3.42. The summed E-state index contributed by atoms with van der Waals surface area (Å²) in [6.45, 7) is 2.28. The molecule has 0 unspecified atom stereocenters. The first-order valence-corrected chi connectivity index (χ1v) is 7.15. The van der Waals surface area contributed by atoms with Crippen molar-refractivity contribution in [1.82, 2.24) is 14.6 Å². The Morgan fingerprint density at radius 1 is 1.17 bits per heavy atom. The maximum Gasteiger partial charge on any atom is 0.276 e. The van der Waals surface area contributed by atoms with Crippen LogP contribution < -0.4 is 19.8 Å². The van der Waals surface area contributed by atoms with E-state index in [0.29, 0.717) is 35.3 Å². The van der Waals surface area contributed by atoms with Gasteiger partial charge in [0.15, 0.2) is 5.65 Å². The van der Waals surface area contributed by atoms with Crippen molar-refractivity contribution < 1.29 is 14.2 Å². The van der Waals surface area contributed by atoms with Crippen LogP contribution in [0.3, 0.4) is 0 Å². The summed E-state index contributed by atoms with van der Waals surface area (Å²) in [7, 11) is 3.16. The van der Waals surface area contributed by atoms with E-state index in [0.717, 1.165) is 5.56 Å². The lowest BCUT2D eigenvalue weighted by atomic mass is 10.1. The number of hydrogen-bond acceptors (Lipinski definition) is 5. The molecule has 2 aromatic heterocycles. The average molecular weight is 315 g/mol. The van der Waals surface area contributed by atoms with Gasteiger partial charge in [-0.3, -0.25) is 9.89 Å². The minimum atomic E-state index is -0.251. The Morgan fingerprint density at radius 3 is 2.48 bits per heavy atom. The van der Waals surface area contributed by atoms with Crippen molar-refractivity contribution in [2.45, 2.75) is 6.92 Å². The monoisotopic (exact) mass is 315 g/mol. The van der Waals surface area contributed by atoms with Crippen molar-refractivity contribution in [2.75, 3.05) is 20.8 Å². The molecule has 0 aliphatic carbocycles. The van der Waals surface area contributed by atoms with Crippen LogP contribution in [-0.4, -0.2) is 35.4 Å². The fourth-order valence-electron chi connectivity index (χ4n) is 2.44. The van der Waals surface area contributed by atoms with E-state index in [9.17, 15) is 4.79 Å². The van der Waals surface area contributed by atoms with Gasteiger partial charge in [0.2, 0.25) is 5.88 Å². The number of nitrogens with zero attached hydrogens (tertiary/aromatic N) is 2. The summed E-state index contributed by atoms with van der Waals surface area (Å²) in [4.78, 5) is 16.5. The van der Waals surface area contributed by atoms with E-state index in [-0.39, 0.29) is 5.56 Å². The molecule has 0 aliphatic heterocycles. The minimum Gasteiger partial charge on any atom is -0.496 e. The summed E-state index contributed by atoms with van der Waals surface area (Å²) < 4.78 is 17.5. The molecule has 0 aliphatic rings. The molecule has 0 saturated carbocycles. The van der Waals surface area contributed by atoms with Gasteiger partial charge in [-0.1, -0.05) is 6.07 Å². The zero-order valence-electron chi connectivity index (χ0n) is 13.1. The van der Waals surface area contributed by atoms with Crippen molar-refractivity contribution in [2.24, 2.45) is 0 Å². The number of methoxy groups -OCH3 is 2. The highest BCUT2D eigenvalue weighted by atomic mass is 16.5. The molecule has 0 bridgehead atoms. The number of H-pyrrole nitrogens is 1. The topological polar surface area (TPSA) is 77.9 Å². The first kappa shape index (κ1) is 15.0. The highest BCUT2D eigenvalue weighted by Gasteiger charge is 2.16. The molecule has 120 valence electrons. The Kier molecular flexibility index (Phi) is 3.92. The normalized spacial score (nSPS) is 10.7. The Morgan fingerprint density at radius 2 is 1.87 bits per heavy atom. The summed E-state index contributed by atoms with van der Waals surface area (Å²) in [5.74, 6) is 1.57. The SMILES string of the molecule is CCOc1cc(=O)n2[nH]c(-c3c(OC)cccc3OC)cc2n1. The highest BCUT2D eigenvalue weighted by molar-refractivity contribution is 5.76. The fourth-order valence-corrected chi connectivity index (χ4v) is 2.44. The third-order valence-corrected chi connectivity index (χ3v) is 3.42. The standard InChI is InChI=1S/C16H17N3O4/c1-4-23-14-9-15(20)19-13(17-14)8-10(18-19)16-11(21-2)6-5-7-12(16)22-3/h5-9,18H,4H2,1-3H3. The smallest absolute Gasteiger partial charge is 0.276 e. The quantitative estimate of drug-likeness (QED) is 0.780. The molecule has 7 heteroatoms. The van der Waals surface area contributed by atoms with Crippen LogP contribution in [0.5, 0.6) is 17.4 Å². The van der Waals surface area contributed by atoms with E-state index >= 15 is 0 Å². The molecule has 0 fully saturated rings. The van der Waals surface area contributed by atoms with Gasteiger partial charge in [0.05, 0.1) is 38.2 Å². The molecule has 7 nitrogen and oxygen atoms in total. The molecule has 0 saturated heterocycles. The third kappa shape index (κ3) is 2.61. The van der Waals surface area contributed by atoms with Gasteiger partial charge >= 0.3 is 0 Å². The van der Waals surface area contributed by atoms with Gasteiger partial charge in [-0.25, -0.2) is 4.52 Å². The second kappa shape index (κ2) is 6.04. The molecule has 3 aromatic rings. The molecule has 0 amide bonds. The number of rotatable bonds is 5. The van der Waals surface area contributed by atoms with Crippen LogP contribution in [-0.2, 0) is 0 Å². The first-order chi connectivity index (χ1) is 11.2. The van der Waals surface area contributed by atoms with Crippen molar-refractivity contribution in [3.63, 3.8) is 0 Å². The number of nitrogens with one attached hydrogen (secondary N) is 1. The summed E-state index contributed by atoms with van der Waals surface area (Å²) in [5.41, 5.74) is 1.60. The van der Waals surface area contributed by atoms with Crippen molar-refractivity contribution in [1.29, 1.82) is 0 Å². The van der Waals surface area contributed by atoms with Crippen LogP contribution in [0.15, 0.2) is 35.1 Å². The summed E-state index contributed by atoms with van der Waals surface area (Å²) in [5, 5.41) is 3.03. The van der Waals surface area contributed by atoms with E-state index in [1.807, 2.05) is 25.1 Å². The number of fused-ring (bicyclic) bond motifs is 1. The van der Waals surface area contributed by atoms with E-state index < -0.39 is 0 Å². The zero-order valence-corrected chi connectivity index (χ0v) is 13.1. The highest BCUT2D eigenvalue weighted by Crippen LogP contribution is 2.37. The Labute approximate surface area is 132 Å². The molecule has 0 radical (unpaired) electrons. The largest absolute Gasteiger partial charge is 0.496 e. The summed E-state index contributed by atoms with van der Waals surface area (Å²) >= 11 is 0. The van der Waals surface area contributed by atoms with Crippen LogP contribution in [0.25, 0.3) is 16.9 Å². The van der Waals surface area contributed by atoms with Gasteiger partial charge in [0, 0.05) is 6.07 Å². The van der Waals surface area contributed by atoms with Gasteiger partial charge < -0.3 is 14.2 Å². The molecule has 2 heterocycles. The van der Waals surface area contributed by atoms with Crippen LogP contribution in [0.1, 0.15) is 6.92 Å². The molecule has 1 N–H and O–H groups in total. The summed E-state index contributed by atoms with van der Waals surface area (Å²) in [6, 6.07) is 8.58. The number of aromatic nitrogens is 3. The lowest BCUT2D eigenvalue weighted by Gasteiger charge is -2.11. The number of benzene rings is 1. The van der Waals surface area contributed by atoms with Crippen molar-refractivity contribution in [3.05, 3.63) is 40.7 Å². The molecule has 1 aromatic carbocycles. The van der Waals surface area contributed by atoms with Crippen molar-refractivity contribution >= 4 is 5.65 Å². The molecule has 23 heavy (non-hydrogen) atoms. The maximum absolute atomic E-state index is 12.2. The Balaban J connectivity index is 2.22. The molecule has 0 spiro atoms. The minimum absolute atomic E-state index is 0.251. The van der Waals surface area contributed by atoms with Gasteiger partial charge in [-0.2, -0.15) is 4.98 Å². The van der Waals surface area contributed by atoms with Gasteiger partial charge in [0.25, 0.3) is 5.56 Å². The second-order valence-corrected chi connectivity index (χ2v) is 4.77. The summed E-state index contributed by atoms with van der Waals surface area (Å²) in [6.07, 6.45) is 0. The van der Waals surface area contributed by atoms with Gasteiger partial charge in [-0.05, 0) is 19.1 Å². The van der Waals surface area contributed by atoms with Crippen LogP contribution in [0.4, 0.5) is 0 Å². The van der Waals surface area contributed by atoms with E-state index in [1.54, 1.807) is 20.3 Å². The number of ether oxygens (including phenoxy) is 3. The first-order valence-electron chi connectivity index (χ1n) is 7.15. The molecule has 3 rings (SSSR count). The number of aromatic amines is 1. The predicted octanol–water partition coefficient (Wildman–Crippen LogP) is 2.11. The van der Waals surface area contributed by atoms with Crippen molar-refractivity contribution in [3.8, 4) is 28.6 Å². The average Bonchev–Trinajstić information content (AvgIpc) is 2.98. The molecule has 0 atom stereocenters. The Hall–Kier alpha value is -2.96. The lowest BCUT2D eigenvalue weighted by molar-refractivity contribution is 0.326. The van der Waals surface area contributed by atoms with Crippen LogP contribution in [0, 0.1) is 0 Å². The van der Waals surface area contributed by atoms with Crippen LogP contribution in [0.2, 0.25) is 0 Å². The molecular formula is C16H17N3O4. The lowest BCUT2D eigenvalue weighted by Crippen LogP contribution is -2.14. The number of hydrogen-bond donors (Lipinski definition) is 1. The molecular weight excluding hydrogens is 298 g/mol. The second-order valence-electron chi connectivity index (χ2n) is 4.77. The zero-order chi connectivity index (χ0) is 16.4. The van der Waals surface area contributed by atoms with E-state index in [2.05, 4.69) is 10.1 Å². The van der Waals surface area contributed by atoms with E-state index in [4.69, 9.17) is 14.2 Å². The van der Waals surface area contributed by atoms with Gasteiger partial charge in [0.1, 0.15) is 11.5 Å². The van der Waals surface area contributed by atoms with Gasteiger partial charge in [-0.15, -0.1) is 0 Å².